The molecule has 2 saturated heterocycles. The Kier molecular flexibility index (Phi) is 5.01. The molecule has 4 heteroatoms. The van der Waals surface area contributed by atoms with E-state index in [1.165, 1.54) is 19.4 Å². The molecule has 0 aromatic carbocycles. The monoisotopic (exact) mass is 253 g/mol. The van der Waals surface area contributed by atoms with Gasteiger partial charge in [0, 0.05) is 26.1 Å². The number of amides is 1. The second-order valence-corrected chi connectivity index (χ2v) is 6.01. The van der Waals surface area contributed by atoms with Crippen molar-refractivity contribution in [3.05, 3.63) is 0 Å². The smallest absolute Gasteiger partial charge is 0.225 e. The number of piperidine rings is 2. The van der Waals surface area contributed by atoms with Gasteiger partial charge in [-0.05, 0) is 58.3 Å². The number of likely N-dealkylation sites (tertiary alicyclic amines) is 1. The number of carbonyl (C=O) groups is 1. The lowest BCUT2D eigenvalue weighted by Gasteiger charge is -2.34. The molecule has 0 aromatic rings. The van der Waals surface area contributed by atoms with E-state index in [1.54, 1.807) is 0 Å². The molecule has 18 heavy (non-hydrogen) atoms. The second kappa shape index (κ2) is 6.53. The van der Waals surface area contributed by atoms with E-state index >= 15 is 0 Å². The van der Waals surface area contributed by atoms with E-state index in [9.17, 15) is 4.79 Å². The molecule has 104 valence electrons. The lowest BCUT2D eigenvalue weighted by atomic mass is 9.94. The maximum Gasteiger partial charge on any atom is 0.225 e. The van der Waals surface area contributed by atoms with Crippen LogP contribution in [0.25, 0.3) is 0 Å². The first-order valence-corrected chi connectivity index (χ1v) is 7.31. The van der Waals surface area contributed by atoms with Gasteiger partial charge in [0.25, 0.3) is 0 Å². The Morgan fingerprint density at radius 3 is 2.72 bits per heavy atom. The van der Waals surface area contributed by atoms with Crippen molar-refractivity contribution in [2.75, 3.05) is 46.8 Å². The molecule has 4 nitrogen and oxygen atoms in total. The van der Waals surface area contributed by atoms with Gasteiger partial charge in [-0.25, -0.2) is 0 Å². The van der Waals surface area contributed by atoms with Crippen molar-refractivity contribution < 1.29 is 4.79 Å². The van der Waals surface area contributed by atoms with E-state index < -0.39 is 0 Å². The van der Waals surface area contributed by atoms with Crippen molar-refractivity contribution in [3.8, 4) is 0 Å². The van der Waals surface area contributed by atoms with E-state index in [-0.39, 0.29) is 5.92 Å². The summed E-state index contributed by atoms with van der Waals surface area (Å²) in [5, 5.41) is 3.32. The van der Waals surface area contributed by atoms with Gasteiger partial charge in [-0.2, -0.15) is 0 Å². The van der Waals surface area contributed by atoms with Gasteiger partial charge in [-0.1, -0.05) is 0 Å². The minimum absolute atomic E-state index is 0.262. The number of nitrogens with zero attached hydrogens (tertiary/aromatic N) is 2. The number of rotatable bonds is 3. The van der Waals surface area contributed by atoms with Crippen LogP contribution in [-0.4, -0.2) is 62.5 Å². The van der Waals surface area contributed by atoms with Crippen molar-refractivity contribution in [2.45, 2.75) is 25.7 Å². The van der Waals surface area contributed by atoms with Gasteiger partial charge in [0.2, 0.25) is 5.91 Å². The number of nitrogens with one attached hydrogen (secondary N) is 1. The SMILES string of the molecule is CN1CCCC(CN(C)C(=O)C2CCNCC2)C1. The van der Waals surface area contributed by atoms with Crippen molar-refractivity contribution in [2.24, 2.45) is 11.8 Å². The fourth-order valence-corrected chi connectivity index (χ4v) is 3.28. The first-order chi connectivity index (χ1) is 8.66. The maximum absolute atomic E-state index is 12.3. The Hall–Kier alpha value is -0.610. The van der Waals surface area contributed by atoms with Crippen LogP contribution in [0.1, 0.15) is 25.7 Å². The first kappa shape index (κ1) is 13.8. The van der Waals surface area contributed by atoms with Gasteiger partial charge in [0.05, 0.1) is 0 Å². The van der Waals surface area contributed by atoms with Crippen LogP contribution in [-0.2, 0) is 4.79 Å². The maximum atomic E-state index is 12.3. The Morgan fingerprint density at radius 2 is 2.06 bits per heavy atom. The molecule has 0 bridgehead atoms. The Morgan fingerprint density at radius 1 is 1.33 bits per heavy atom. The fourth-order valence-electron chi connectivity index (χ4n) is 3.28. The normalized spacial score (nSPS) is 27.1. The Labute approximate surface area is 111 Å². The summed E-state index contributed by atoms with van der Waals surface area (Å²) in [5.41, 5.74) is 0. The summed E-state index contributed by atoms with van der Waals surface area (Å²) in [6, 6.07) is 0. The molecule has 0 aromatic heterocycles. The molecule has 1 N–H and O–H groups in total. The summed E-state index contributed by atoms with van der Waals surface area (Å²) in [6.07, 6.45) is 4.56. The molecule has 2 aliphatic heterocycles. The van der Waals surface area contributed by atoms with Crippen LogP contribution in [0.2, 0.25) is 0 Å². The van der Waals surface area contributed by atoms with E-state index in [2.05, 4.69) is 17.3 Å². The summed E-state index contributed by atoms with van der Waals surface area (Å²) in [7, 11) is 4.17. The summed E-state index contributed by atoms with van der Waals surface area (Å²) in [5.74, 6) is 1.29. The highest BCUT2D eigenvalue weighted by Gasteiger charge is 2.26. The highest BCUT2D eigenvalue weighted by molar-refractivity contribution is 5.78. The Balaban J connectivity index is 1.79. The summed E-state index contributed by atoms with van der Waals surface area (Å²) in [4.78, 5) is 16.7. The number of carbonyl (C=O) groups excluding carboxylic acids is 1. The van der Waals surface area contributed by atoms with Crippen LogP contribution in [0.4, 0.5) is 0 Å². The third kappa shape index (κ3) is 3.69. The lowest BCUT2D eigenvalue weighted by molar-refractivity contribution is -0.135. The average molecular weight is 253 g/mol. The number of hydrogen-bond donors (Lipinski definition) is 1. The van der Waals surface area contributed by atoms with E-state index in [1.807, 2.05) is 11.9 Å². The second-order valence-electron chi connectivity index (χ2n) is 6.01. The molecular formula is C14H27N3O. The zero-order chi connectivity index (χ0) is 13.0. The number of hydrogen-bond acceptors (Lipinski definition) is 3. The van der Waals surface area contributed by atoms with Crippen LogP contribution in [0.15, 0.2) is 0 Å². The highest BCUT2D eigenvalue weighted by atomic mass is 16.2. The molecule has 1 atom stereocenters. The van der Waals surface area contributed by atoms with E-state index in [4.69, 9.17) is 0 Å². The zero-order valence-electron chi connectivity index (χ0n) is 11.8. The minimum atomic E-state index is 0.262. The molecule has 2 fully saturated rings. The fraction of sp³-hybridized carbons (Fsp3) is 0.929. The molecule has 2 rings (SSSR count). The predicted octanol–water partition coefficient (Wildman–Crippen LogP) is 0.786. The molecule has 0 saturated carbocycles. The van der Waals surface area contributed by atoms with Gasteiger partial charge < -0.3 is 15.1 Å². The van der Waals surface area contributed by atoms with Crippen LogP contribution in [0, 0.1) is 11.8 Å². The predicted molar refractivity (Wildman–Crippen MR) is 73.5 cm³/mol. The van der Waals surface area contributed by atoms with Crippen LogP contribution < -0.4 is 5.32 Å². The van der Waals surface area contributed by atoms with Crippen molar-refractivity contribution >= 4 is 5.91 Å². The van der Waals surface area contributed by atoms with Crippen molar-refractivity contribution in [1.82, 2.24) is 15.1 Å². The molecule has 2 aliphatic rings. The third-order valence-electron chi connectivity index (χ3n) is 4.32. The van der Waals surface area contributed by atoms with Gasteiger partial charge in [0.1, 0.15) is 0 Å². The van der Waals surface area contributed by atoms with Crippen LogP contribution >= 0.6 is 0 Å². The largest absolute Gasteiger partial charge is 0.345 e. The van der Waals surface area contributed by atoms with Crippen LogP contribution in [0.5, 0.6) is 0 Å². The van der Waals surface area contributed by atoms with Gasteiger partial charge in [-0.3, -0.25) is 4.79 Å². The van der Waals surface area contributed by atoms with Gasteiger partial charge >= 0.3 is 0 Å². The first-order valence-electron chi connectivity index (χ1n) is 7.31. The summed E-state index contributed by atoms with van der Waals surface area (Å²) < 4.78 is 0. The molecule has 0 radical (unpaired) electrons. The molecule has 2 heterocycles. The minimum Gasteiger partial charge on any atom is -0.345 e. The topological polar surface area (TPSA) is 35.6 Å². The van der Waals surface area contributed by atoms with Crippen molar-refractivity contribution in [1.29, 1.82) is 0 Å². The average Bonchev–Trinajstić information content (AvgIpc) is 2.39. The summed E-state index contributed by atoms with van der Waals surface area (Å²) >= 11 is 0. The van der Waals surface area contributed by atoms with Gasteiger partial charge in [-0.15, -0.1) is 0 Å². The quantitative estimate of drug-likeness (QED) is 0.807. The lowest BCUT2D eigenvalue weighted by Crippen LogP contribution is -2.43. The Bertz CT molecular complexity index is 276. The molecular weight excluding hydrogens is 226 g/mol. The molecule has 0 aliphatic carbocycles. The molecule has 1 amide bonds. The third-order valence-corrected chi connectivity index (χ3v) is 4.32. The van der Waals surface area contributed by atoms with Gasteiger partial charge in [0.15, 0.2) is 0 Å². The van der Waals surface area contributed by atoms with E-state index in [0.717, 1.165) is 39.0 Å². The van der Waals surface area contributed by atoms with Crippen molar-refractivity contribution in [3.63, 3.8) is 0 Å². The standard InChI is InChI=1S/C14H27N3O/c1-16-9-3-4-12(10-16)11-17(2)14(18)13-5-7-15-8-6-13/h12-13,15H,3-11H2,1-2H3. The summed E-state index contributed by atoms with van der Waals surface area (Å²) in [6.45, 7) is 5.28. The molecule has 0 spiro atoms. The van der Waals surface area contributed by atoms with E-state index in [0.29, 0.717) is 11.8 Å². The highest BCUT2D eigenvalue weighted by Crippen LogP contribution is 2.19. The zero-order valence-corrected chi connectivity index (χ0v) is 11.8. The molecule has 1 unspecified atom stereocenters. The van der Waals surface area contributed by atoms with Crippen LogP contribution in [0.3, 0.4) is 0 Å².